The van der Waals surface area contributed by atoms with E-state index in [-0.39, 0.29) is 24.5 Å². The summed E-state index contributed by atoms with van der Waals surface area (Å²) in [6, 6.07) is 12.5. The molecule has 1 atom stereocenters. The maximum Gasteiger partial charge on any atom is 0.295 e. The Labute approximate surface area is 201 Å². The Morgan fingerprint density at radius 2 is 1.85 bits per heavy atom. The van der Waals surface area contributed by atoms with Crippen LogP contribution in [-0.4, -0.2) is 48.6 Å². The van der Waals surface area contributed by atoms with Crippen LogP contribution in [0.1, 0.15) is 55.0 Å². The van der Waals surface area contributed by atoms with Crippen LogP contribution in [0.15, 0.2) is 48.0 Å². The Morgan fingerprint density at radius 1 is 1.09 bits per heavy atom. The van der Waals surface area contributed by atoms with Crippen molar-refractivity contribution in [1.29, 1.82) is 0 Å². The van der Waals surface area contributed by atoms with Gasteiger partial charge in [-0.2, -0.15) is 0 Å². The number of aliphatic hydroxyl groups is 1. The third kappa shape index (κ3) is 4.87. The summed E-state index contributed by atoms with van der Waals surface area (Å²) in [5.41, 5.74) is 3.89. The number of nitrogens with zero attached hydrogens (tertiary/aromatic N) is 1. The fourth-order valence-corrected chi connectivity index (χ4v) is 4.72. The average Bonchev–Trinajstić information content (AvgIpc) is 3.10. The highest BCUT2D eigenvalue weighted by Gasteiger charge is 2.46. The maximum atomic E-state index is 13.2. The molecule has 1 N–H and O–H groups in total. The van der Waals surface area contributed by atoms with Crippen LogP contribution in [0.2, 0.25) is 0 Å². The normalized spacial score (nSPS) is 19.5. The minimum absolute atomic E-state index is 0.109. The number of likely N-dealkylation sites (tertiary alicyclic amines) is 1. The number of carbonyl (C=O) groups excluding carboxylic acids is 2. The number of hydrogen-bond donors (Lipinski definition) is 1. The summed E-state index contributed by atoms with van der Waals surface area (Å²) in [6.07, 6.45) is 4.26. The van der Waals surface area contributed by atoms with Gasteiger partial charge in [0.2, 0.25) is 0 Å². The van der Waals surface area contributed by atoms with Crippen molar-refractivity contribution in [2.45, 2.75) is 45.6 Å². The van der Waals surface area contributed by atoms with Crippen molar-refractivity contribution in [2.75, 3.05) is 26.9 Å². The van der Waals surface area contributed by atoms with E-state index in [1.54, 1.807) is 7.11 Å². The fourth-order valence-electron chi connectivity index (χ4n) is 4.72. The molecule has 0 bridgehead atoms. The van der Waals surface area contributed by atoms with E-state index in [9.17, 15) is 14.7 Å². The second kappa shape index (κ2) is 10.4. The third-order valence-corrected chi connectivity index (χ3v) is 6.46. The number of ether oxygens (including phenoxy) is 2. The number of ketones is 1. The van der Waals surface area contributed by atoms with Gasteiger partial charge >= 0.3 is 0 Å². The minimum atomic E-state index is -0.714. The molecule has 2 aromatic carbocycles. The number of fused-ring (bicyclic) bond motifs is 1. The number of rotatable bonds is 8. The fraction of sp³-hybridized carbons (Fsp3) is 0.429. The van der Waals surface area contributed by atoms with Crippen molar-refractivity contribution in [1.82, 2.24) is 4.90 Å². The number of aliphatic hydroxyl groups excluding tert-OH is 1. The maximum absolute atomic E-state index is 13.2. The van der Waals surface area contributed by atoms with Crippen LogP contribution < -0.4 is 4.74 Å². The van der Waals surface area contributed by atoms with Crippen molar-refractivity contribution in [3.8, 4) is 5.75 Å². The molecule has 0 spiro atoms. The summed E-state index contributed by atoms with van der Waals surface area (Å²) >= 11 is 0. The molecule has 1 aliphatic heterocycles. The second-order valence-electron chi connectivity index (χ2n) is 9.45. The first-order chi connectivity index (χ1) is 16.4. The zero-order chi connectivity index (χ0) is 24.2. The van der Waals surface area contributed by atoms with E-state index >= 15 is 0 Å². The SMILES string of the molecule is COCCN1C(=O)C(=O)/C(=C(\O)c2ccc3c(c2)CCCC3)C1c1cccc(OCC(C)C)c1. The van der Waals surface area contributed by atoms with Crippen molar-refractivity contribution in [3.63, 3.8) is 0 Å². The second-order valence-corrected chi connectivity index (χ2v) is 9.45. The molecule has 1 saturated heterocycles. The molecule has 180 valence electrons. The predicted octanol–water partition coefficient (Wildman–Crippen LogP) is 4.67. The summed E-state index contributed by atoms with van der Waals surface area (Å²) in [6.45, 7) is 5.22. The first kappa shape index (κ1) is 24.0. The average molecular weight is 464 g/mol. The van der Waals surface area contributed by atoms with Crippen LogP contribution in [0.5, 0.6) is 5.75 Å². The zero-order valence-electron chi connectivity index (χ0n) is 20.2. The van der Waals surface area contributed by atoms with E-state index in [0.717, 1.165) is 31.2 Å². The van der Waals surface area contributed by atoms with Crippen LogP contribution in [0, 0.1) is 5.92 Å². The minimum Gasteiger partial charge on any atom is -0.507 e. The number of methoxy groups -OCH3 is 1. The molecule has 1 fully saturated rings. The molecule has 1 heterocycles. The molecular formula is C28H33NO5. The van der Waals surface area contributed by atoms with E-state index in [4.69, 9.17) is 9.47 Å². The molecule has 34 heavy (non-hydrogen) atoms. The monoisotopic (exact) mass is 463 g/mol. The van der Waals surface area contributed by atoms with Crippen LogP contribution in [0.3, 0.4) is 0 Å². The Balaban J connectivity index is 1.79. The van der Waals surface area contributed by atoms with Crippen molar-refractivity contribution in [3.05, 3.63) is 70.3 Å². The summed E-state index contributed by atoms with van der Waals surface area (Å²) in [5, 5.41) is 11.3. The van der Waals surface area contributed by atoms with Gasteiger partial charge in [-0.05, 0) is 66.5 Å². The van der Waals surface area contributed by atoms with Crippen molar-refractivity contribution < 1.29 is 24.2 Å². The Kier molecular flexibility index (Phi) is 7.37. The lowest BCUT2D eigenvalue weighted by atomic mass is 9.88. The standard InChI is InChI=1S/C28H33NO5/c1-18(2)17-34-23-10-6-9-21(16-23)25-24(27(31)28(32)29(25)13-14-33-3)26(30)22-12-11-19-7-4-5-8-20(19)15-22/h6,9-12,15-16,18,25,30H,4-5,7-8,13-14,17H2,1-3H3/b26-24-. The van der Waals surface area contributed by atoms with E-state index in [0.29, 0.717) is 23.8 Å². The van der Waals surface area contributed by atoms with Gasteiger partial charge in [-0.15, -0.1) is 0 Å². The molecule has 1 unspecified atom stereocenters. The molecule has 0 aromatic heterocycles. The van der Waals surface area contributed by atoms with Gasteiger partial charge in [-0.3, -0.25) is 9.59 Å². The summed E-state index contributed by atoms with van der Waals surface area (Å²) in [4.78, 5) is 27.7. The number of hydrogen-bond acceptors (Lipinski definition) is 5. The molecule has 0 saturated carbocycles. The summed E-state index contributed by atoms with van der Waals surface area (Å²) in [5.74, 6) is -0.414. The van der Waals surface area contributed by atoms with Crippen LogP contribution in [0.25, 0.3) is 5.76 Å². The largest absolute Gasteiger partial charge is 0.507 e. The lowest BCUT2D eigenvalue weighted by molar-refractivity contribution is -0.140. The van der Waals surface area contributed by atoms with Gasteiger partial charge in [0.25, 0.3) is 11.7 Å². The number of carbonyl (C=O) groups is 2. The number of benzene rings is 2. The van der Waals surface area contributed by atoms with Crippen molar-refractivity contribution in [2.24, 2.45) is 5.92 Å². The quantitative estimate of drug-likeness (QED) is 0.350. The van der Waals surface area contributed by atoms with Gasteiger partial charge < -0.3 is 19.5 Å². The Morgan fingerprint density at radius 3 is 2.59 bits per heavy atom. The highest BCUT2D eigenvalue weighted by Crippen LogP contribution is 2.40. The first-order valence-corrected chi connectivity index (χ1v) is 12.0. The molecule has 6 heteroatoms. The molecule has 2 aromatic rings. The van der Waals surface area contributed by atoms with E-state index < -0.39 is 17.7 Å². The zero-order valence-corrected chi connectivity index (χ0v) is 20.2. The predicted molar refractivity (Wildman–Crippen MR) is 131 cm³/mol. The van der Waals surface area contributed by atoms with Gasteiger partial charge in [0.05, 0.1) is 24.8 Å². The van der Waals surface area contributed by atoms with Gasteiger partial charge in [0.1, 0.15) is 11.5 Å². The van der Waals surface area contributed by atoms with Crippen LogP contribution in [-0.2, 0) is 27.2 Å². The van der Waals surface area contributed by atoms with E-state index in [1.165, 1.54) is 16.0 Å². The van der Waals surface area contributed by atoms with Crippen LogP contribution in [0.4, 0.5) is 0 Å². The topological polar surface area (TPSA) is 76.1 Å². The van der Waals surface area contributed by atoms with Crippen molar-refractivity contribution >= 4 is 17.4 Å². The third-order valence-electron chi connectivity index (χ3n) is 6.46. The smallest absolute Gasteiger partial charge is 0.295 e. The first-order valence-electron chi connectivity index (χ1n) is 12.0. The van der Waals surface area contributed by atoms with Gasteiger partial charge in [-0.1, -0.05) is 38.1 Å². The number of Topliss-reactive ketones (excluding diaryl/α,β-unsaturated/α-hetero) is 1. The number of aryl methyl sites for hydroxylation is 2. The molecule has 6 nitrogen and oxygen atoms in total. The summed E-state index contributed by atoms with van der Waals surface area (Å²) < 4.78 is 11.1. The van der Waals surface area contributed by atoms with Crippen LogP contribution >= 0.6 is 0 Å². The van der Waals surface area contributed by atoms with Gasteiger partial charge in [-0.25, -0.2) is 0 Å². The molecule has 0 radical (unpaired) electrons. The molecular weight excluding hydrogens is 430 g/mol. The highest BCUT2D eigenvalue weighted by molar-refractivity contribution is 6.46. The molecule has 1 amide bonds. The summed E-state index contributed by atoms with van der Waals surface area (Å²) in [7, 11) is 1.55. The van der Waals surface area contributed by atoms with Gasteiger partial charge in [0.15, 0.2) is 0 Å². The Bertz CT molecular complexity index is 1100. The highest BCUT2D eigenvalue weighted by atomic mass is 16.5. The number of amides is 1. The molecule has 1 aliphatic carbocycles. The lowest BCUT2D eigenvalue weighted by Crippen LogP contribution is -2.32. The molecule has 4 rings (SSSR count). The van der Waals surface area contributed by atoms with Gasteiger partial charge in [0, 0.05) is 19.2 Å². The Hall–Kier alpha value is -3.12. The van der Waals surface area contributed by atoms with E-state index in [2.05, 4.69) is 13.8 Å². The lowest BCUT2D eigenvalue weighted by Gasteiger charge is -2.25. The molecule has 2 aliphatic rings. The van der Waals surface area contributed by atoms with E-state index in [1.807, 2.05) is 42.5 Å².